The number of rotatable bonds is 4. The fourth-order valence-corrected chi connectivity index (χ4v) is 2.47. The lowest BCUT2D eigenvalue weighted by molar-refractivity contribution is -0.0101. The van der Waals surface area contributed by atoms with E-state index in [0.717, 1.165) is 31.7 Å². The molecule has 0 radical (unpaired) electrons. The molecule has 1 N–H and O–H groups in total. The van der Waals surface area contributed by atoms with Gasteiger partial charge in [-0.05, 0) is 26.8 Å². The monoisotopic (exact) mass is 223 g/mol. The highest BCUT2D eigenvalue weighted by Crippen LogP contribution is 2.29. The standard InChI is InChI=1S/C12H21N3O/c1-12(5-4-8-16-12)10(13-2)9-11-14-6-7-15(11)3/h6-7,10,13H,4-5,8-9H2,1-3H3. The minimum Gasteiger partial charge on any atom is -0.374 e. The Kier molecular flexibility index (Phi) is 3.30. The van der Waals surface area contributed by atoms with Crippen LogP contribution in [0.3, 0.4) is 0 Å². The summed E-state index contributed by atoms with van der Waals surface area (Å²) in [5.41, 5.74) is -0.0410. The van der Waals surface area contributed by atoms with Gasteiger partial charge in [-0.15, -0.1) is 0 Å². The Morgan fingerprint density at radius 3 is 3.00 bits per heavy atom. The van der Waals surface area contributed by atoms with Gasteiger partial charge in [-0.25, -0.2) is 4.98 Å². The second kappa shape index (κ2) is 4.55. The highest BCUT2D eigenvalue weighted by molar-refractivity contribution is 5.01. The van der Waals surface area contributed by atoms with Crippen LogP contribution in [0.25, 0.3) is 0 Å². The van der Waals surface area contributed by atoms with Gasteiger partial charge in [0.2, 0.25) is 0 Å². The van der Waals surface area contributed by atoms with Gasteiger partial charge in [0, 0.05) is 38.5 Å². The molecule has 0 saturated carbocycles. The van der Waals surface area contributed by atoms with E-state index in [9.17, 15) is 0 Å². The quantitative estimate of drug-likeness (QED) is 0.831. The normalized spacial score (nSPS) is 27.2. The SMILES string of the molecule is CNC(Cc1nccn1C)C1(C)CCCO1. The van der Waals surface area contributed by atoms with E-state index in [-0.39, 0.29) is 5.60 Å². The molecule has 1 aromatic heterocycles. The van der Waals surface area contributed by atoms with E-state index in [1.807, 2.05) is 26.5 Å². The first kappa shape index (κ1) is 11.6. The average molecular weight is 223 g/mol. The number of aromatic nitrogens is 2. The lowest BCUT2D eigenvalue weighted by Gasteiger charge is -2.33. The summed E-state index contributed by atoms with van der Waals surface area (Å²) in [6, 6.07) is 0.330. The maximum atomic E-state index is 5.88. The molecular formula is C12H21N3O. The number of hydrogen-bond donors (Lipinski definition) is 1. The van der Waals surface area contributed by atoms with Crippen molar-refractivity contribution in [3.05, 3.63) is 18.2 Å². The molecule has 90 valence electrons. The molecule has 16 heavy (non-hydrogen) atoms. The van der Waals surface area contributed by atoms with Crippen LogP contribution in [0.2, 0.25) is 0 Å². The molecule has 2 rings (SSSR count). The zero-order chi connectivity index (χ0) is 11.6. The molecule has 4 heteroatoms. The van der Waals surface area contributed by atoms with Crippen molar-refractivity contribution in [3.63, 3.8) is 0 Å². The second-order valence-corrected chi connectivity index (χ2v) is 4.76. The molecule has 0 spiro atoms. The van der Waals surface area contributed by atoms with Crippen molar-refractivity contribution in [3.8, 4) is 0 Å². The number of hydrogen-bond acceptors (Lipinski definition) is 3. The Morgan fingerprint density at radius 2 is 2.50 bits per heavy atom. The summed E-state index contributed by atoms with van der Waals surface area (Å²) in [5, 5.41) is 3.37. The molecule has 0 amide bonds. The third-order valence-corrected chi connectivity index (χ3v) is 3.64. The van der Waals surface area contributed by atoms with Gasteiger partial charge in [0.1, 0.15) is 5.82 Å². The Hall–Kier alpha value is -0.870. The highest BCUT2D eigenvalue weighted by atomic mass is 16.5. The molecule has 2 unspecified atom stereocenters. The summed E-state index contributed by atoms with van der Waals surface area (Å²) in [4.78, 5) is 4.37. The molecule has 4 nitrogen and oxygen atoms in total. The van der Waals surface area contributed by atoms with E-state index < -0.39 is 0 Å². The van der Waals surface area contributed by atoms with Crippen LogP contribution in [0.4, 0.5) is 0 Å². The van der Waals surface area contributed by atoms with Gasteiger partial charge in [-0.3, -0.25) is 0 Å². The van der Waals surface area contributed by atoms with Crippen molar-refractivity contribution in [2.75, 3.05) is 13.7 Å². The lowest BCUT2D eigenvalue weighted by Crippen LogP contribution is -2.48. The maximum Gasteiger partial charge on any atom is 0.110 e. The van der Waals surface area contributed by atoms with Crippen LogP contribution in [-0.2, 0) is 18.2 Å². The average Bonchev–Trinajstić information content (AvgIpc) is 2.85. The van der Waals surface area contributed by atoms with Crippen molar-refractivity contribution < 1.29 is 4.74 Å². The predicted octanol–water partition coefficient (Wildman–Crippen LogP) is 1.12. The van der Waals surface area contributed by atoms with Crippen molar-refractivity contribution in [2.45, 2.75) is 37.8 Å². The van der Waals surface area contributed by atoms with Gasteiger partial charge in [0.15, 0.2) is 0 Å². The van der Waals surface area contributed by atoms with E-state index in [1.165, 1.54) is 0 Å². The number of nitrogens with one attached hydrogen (secondary N) is 1. The third kappa shape index (κ3) is 2.13. The van der Waals surface area contributed by atoms with Crippen LogP contribution in [0.5, 0.6) is 0 Å². The van der Waals surface area contributed by atoms with E-state index in [1.54, 1.807) is 0 Å². The number of aryl methyl sites for hydroxylation is 1. The van der Waals surface area contributed by atoms with Gasteiger partial charge >= 0.3 is 0 Å². The van der Waals surface area contributed by atoms with Crippen molar-refractivity contribution in [2.24, 2.45) is 7.05 Å². The molecule has 2 heterocycles. The maximum absolute atomic E-state index is 5.88. The Labute approximate surface area is 97.0 Å². The molecule has 1 aromatic rings. The van der Waals surface area contributed by atoms with Crippen LogP contribution in [0.1, 0.15) is 25.6 Å². The molecule has 0 aliphatic carbocycles. The minimum absolute atomic E-state index is 0.0410. The summed E-state index contributed by atoms with van der Waals surface area (Å²) in [7, 11) is 4.04. The zero-order valence-electron chi connectivity index (χ0n) is 10.4. The highest BCUT2D eigenvalue weighted by Gasteiger charge is 2.37. The molecule has 1 saturated heterocycles. The lowest BCUT2D eigenvalue weighted by atomic mass is 9.90. The molecule has 0 bridgehead atoms. The first-order valence-electron chi connectivity index (χ1n) is 5.93. The number of imidazole rings is 1. The predicted molar refractivity (Wildman–Crippen MR) is 63.4 cm³/mol. The summed E-state index contributed by atoms with van der Waals surface area (Å²) in [6.07, 6.45) is 7.04. The van der Waals surface area contributed by atoms with Gasteiger partial charge < -0.3 is 14.6 Å². The number of ether oxygens (including phenoxy) is 1. The number of nitrogens with zero attached hydrogens (tertiary/aromatic N) is 2. The summed E-state index contributed by atoms with van der Waals surface area (Å²) >= 11 is 0. The molecule has 1 fully saturated rings. The molecule has 1 aliphatic heterocycles. The van der Waals surface area contributed by atoms with Gasteiger partial charge in [0.25, 0.3) is 0 Å². The topological polar surface area (TPSA) is 39.1 Å². The van der Waals surface area contributed by atoms with Crippen LogP contribution >= 0.6 is 0 Å². The number of likely N-dealkylation sites (N-methyl/N-ethyl adjacent to an activating group) is 1. The van der Waals surface area contributed by atoms with Crippen molar-refractivity contribution in [1.29, 1.82) is 0 Å². The summed E-state index contributed by atoms with van der Waals surface area (Å²) in [6.45, 7) is 3.08. The van der Waals surface area contributed by atoms with E-state index in [0.29, 0.717) is 6.04 Å². The van der Waals surface area contributed by atoms with E-state index in [4.69, 9.17) is 4.74 Å². The fourth-order valence-electron chi connectivity index (χ4n) is 2.47. The van der Waals surface area contributed by atoms with Crippen molar-refractivity contribution >= 4 is 0 Å². The first-order valence-corrected chi connectivity index (χ1v) is 5.93. The van der Waals surface area contributed by atoms with E-state index in [2.05, 4.69) is 21.8 Å². The van der Waals surface area contributed by atoms with Gasteiger partial charge in [-0.2, -0.15) is 0 Å². The van der Waals surface area contributed by atoms with Crippen LogP contribution in [-0.4, -0.2) is 34.8 Å². The smallest absolute Gasteiger partial charge is 0.110 e. The second-order valence-electron chi connectivity index (χ2n) is 4.76. The van der Waals surface area contributed by atoms with Crippen LogP contribution < -0.4 is 5.32 Å². The summed E-state index contributed by atoms with van der Waals surface area (Å²) in [5.74, 6) is 1.11. The van der Waals surface area contributed by atoms with E-state index >= 15 is 0 Å². The largest absolute Gasteiger partial charge is 0.374 e. The molecule has 0 aromatic carbocycles. The zero-order valence-corrected chi connectivity index (χ0v) is 10.4. The molecular weight excluding hydrogens is 202 g/mol. The van der Waals surface area contributed by atoms with Crippen LogP contribution in [0, 0.1) is 0 Å². The Bertz CT molecular complexity index is 342. The first-order chi connectivity index (χ1) is 7.65. The molecule has 1 aliphatic rings. The Balaban J connectivity index is 2.08. The fraction of sp³-hybridized carbons (Fsp3) is 0.750. The summed E-state index contributed by atoms with van der Waals surface area (Å²) < 4.78 is 7.95. The molecule has 2 atom stereocenters. The minimum atomic E-state index is -0.0410. The van der Waals surface area contributed by atoms with Crippen LogP contribution in [0.15, 0.2) is 12.4 Å². The Morgan fingerprint density at radius 1 is 1.69 bits per heavy atom. The van der Waals surface area contributed by atoms with Gasteiger partial charge in [0.05, 0.1) is 5.60 Å². The van der Waals surface area contributed by atoms with Crippen molar-refractivity contribution in [1.82, 2.24) is 14.9 Å². The third-order valence-electron chi connectivity index (χ3n) is 3.64. The van der Waals surface area contributed by atoms with Gasteiger partial charge in [-0.1, -0.05) is 0 Å².